The molecule has 0 unspecified atom stereocenters. The number of nitriles is 4. The fourth-order valence-corrected chi connectivity index (χ4v) is 0.754. The minimum Gasteiger partial charge on any atom is -0.253 e. The topological polar surface area (TPSA) is 126 Å². The zero-order valence-corrected chi connectivity index (χ0v) is 9.28. The second-order valence-electron chi connectivity index (χ2n) is 3.05. The number of rotatable bonds is 2. The first kappa shape index (κ1) is 14.2. The number of aromatic nitrogens is 3. The molecule has 0 aromatic carbocycles. The van der Waals surface area contributed by atoms with Crippen LogP contribution in [0.4, 0.5) is 0 Å². The maximum Gasteiger partial charge on any atom is 0.383 e. The lowest BCUT2D eigenvalue weighted by Crippen LogP contribution is -2.26. The maximum atomic E-state index is 8.09. The van der Waals surface area contributed by atoms with Crippen LogP contribution in [-0.2, 0) is 6.54 Å². The summed E-state index contributed by atoms with van der Waals surface area (Å²) in [5.74, 6) is 5.38. The van der Waals surface area contributed by atoms with E-state index in [-0.39, 0.29) is 0 Å². The highest BCUT2D eigenvalue weighted by Crippen LogP contribution is 1.92. The van der Waals surface area contributed by atoms with Gasteiger partial charge in [-0.05, 0) is 6.42 Å². The number of hydrogen-bond acceptors (Lipinski definition) is 6. The van der Waals surface area contributed by atoms with E-state index in [0.717, 1.165) is 13.0 Å². The summed E-state index contributed by atoms with van der Waals surface area (Å²) in [6.07, 6.45) is 1.95. The van der Waals surface area contributed by atoms with E-state index in [2.05, 4.69) is 17.2 Å². The molecule has 7 nitrogen and oxygen atoms in total. The minimum atomic E-state index is -2.72. The van der Waals surface area contributed by atoms with Gasteiger partial charge in [0, 0.05) is 12.7 Å². The largest absolute Gasteiger partial charge is 0.383 e. The van der Waals surface area contributed by atoms with Crippen LogP contribution in [0.25, 0.3) is 0 Å². The Morgan fingerprint density at radius 1 is 1.12 bits per heavy atom. The maximum absolute atomic E-state index is 8.09. The van der Waals surface area contributed by atoms with Crippen LogP contribution in [-0.4, -0.2) is 21.1 Å². The van der Waals surface area contributed by atoms with Crippen LogP contribution < -0.4 is 0 Å². The van der Waals surface area contributed by atoms with Crippen LogP contribution in [0.15, 0.2) is 12.4 Å². The van der Waals surface area contributed by atoms with E-state index in [1.807, 2.05) is 10.9 Å². The Balaban J connectivity index is 0.000000302. The molecular formula is C9H9BN7-. The molecule has 0 N–H and O–H groups in total. The van der Waals surface area contributed by atoms with E-state index in [1.165, 1.54) is 23.9 Å². The van der Waals surface area contributed by atoms with Gasteiger partial charge in [-0.25, -0.2) is 21.0 Å². The fourth-order valence-electron chi connectivity index (χ4n) is 0.754. The van der Waals surface area contributed by atoms with E-state index >= 15 is 0 Å². The summed E-state index contributed by atoms with van der Waals surface area (Å²) >= 11 is 0. The van der Waals surface area contributed by atoms with E-state index < -0.39 is 6.15 Å². The molecular weight excluding hydrogens is 217 g/mol. The van der Waals surface area contributed by atoms with Crippen molar-refractivity contribution in [3.8, 4) is 23.9 Å². The van der Waals surface area contributed by atoms with Crippen LogP contribution in [0.5, 0.6) is 0 Å². The predicted octanol–water partition coefficient (Wildman–Crippen LogP) is 0.374. The fraction of sp³-hybridized carbons (Fsp3) is 0.333. The Labute approximate surface area is 99.0 Å². The van der Waals surface area contributed by atoms with Gasteiger partial charge in [0.25, 0.3) is 0 Å². The zero-order chi connectivity index (χ0) is 13.1. The van der Waals surface area contributed by atoms with Crippen molar-refractivity contribution in [3.63, 3.8) is 0 Å². The molecule has 0 spiro atoms. The van der Waals surface area contributed by atoms with Gasteiger partial charge in [0.05, 0.1) is 6.20 Å². The zero-order valence-electron chi connectivity index (χ0n) is 9.28. The summed E-state index contributed by atoms with van der Waals surface area (Å²) in [6, 6.07) is 0. The van der Waals surface area contributed by atoms with Crippen LogP contribution >= 0.6 is 0 Å². The van der Waals surface area contributed by atoms with Crippen molar-refractivity contribution in [2.45, 2.75) is 19.9 Å². The third kappa shape index (κ3) is 4.47. The summed E-state index contributed by atoms with van der Waals surface area (Å²) in [4.78, 5) is 0. The van der Waals surface area contributed by atoms with Gasteiger partial charge >= 0.3 is 6.15 Å². The predicted molar refractivity (Wildman–Crippen MR) is 58.5 cm³/mol. The highest BCUT2D eigenvalue weighted by atomic mass is 15.4. The van der Waals surface area contributed by atoms with Gasteiger partial charge in [-0.3, -0.25) is 4.68 Å². The molecule has 0 saturated carbocycles. The van der Waals surface area contributed by atoms with Gasteiger partial charge in [-0.1, -0.05) is 12.1 Å². The number of hydrogen-bond donors (Lipinski definition) is 0. The highest BCUT2D eigenvalue weighted by Gasteiger charge is 2.22. The lowest BCUT2D eigenvalue weighted by Gasteiger charge is -1.98. The lowest BCUT2D eigenvalue weighted by molar-refractivity contribution is 0.579. The summed E-state index contributed by atoms with van der Waals surface area (Å²) in [5.41, 5.74) is 0. The molecule has 0 atom stereocenters. The van der Waals surface area contributed by atoms with E-state index in [1.54, 1.807) is 6.20 Å². The average Bonchev–Trinajstić information content (AvgIpc) is 2.87. The van der Waals surface area contributed by atoms with Gasteiger partial charge in [-0.15, -0.1) is 29.0 Å². The Morgan fingerprint density at radius 3 is 1.88 bits per heavy atom. The first-order valence-corrected chi connectivity index (χ1v) is 4.82. The normalized spacial score (nSPS) is 8.53. The molecule has 0 amide bonds. The number of aryl methyl sites for hydroxylation is 1. The molecule has 17 heavy (non-hydrogen) atoms. The molecule has 0 bridgehead atoms. The van der Waals surface area contributed by atoms with Crippen molar-refractivity contribution in [2.75, 3.05) is 0 Å². The molecule has 0 aliphatic carbocycles. The highest BCUT2D eigenvalue weighted by molar-refractivity contribution is 7.05. The molecule has 0 aliphatic heterocycles. The van der Waals surface area contributed by atoms with E-state index in [0.29, 0.717) is 0 Å². The molecule has 84 valence electrons. The Kier molecular flexibility index (Phi) is 6.21. The van der Waals surface area contributed by atoms with Gasteiger partial charge in [-0.2, -0.15) is 0 Å². The van der Waals surface area contributed by atoms with Crippen molar-refractivity contribution in [1.29, 1.82) is 21.0 Å². The van der Waals surface area contributed by atoms with Gasteiger partial charge in [0.1, 0.15) is 0 Å². The Hall–Kier alpha value is -2.84. The van der Waals surface area contributed by atoms with Crippen LogP contribution in [0, 0.1) is 44.9 Å². The monoisotopic (exact) mass is 226 g/mol. The third-order valence-corrected chi connectivity index (χ3v) is 1.70. The number of nitrogens with zero attached hydrogens (tertiary/aromatic N) is 7. The summed E-state index contributed by atoms with van der Waals surface area (Å²) in [6.45, 7) is 3.08. The molecule has 1 heterocycles. The SMILES string of the molecule is CCCn1ccnn1.N#C[B-](C#N)(C#N)C#N. The molecule has 1 rings (SSSR count). The summed E-state index contributed by atoms with van der Waals surface area (Å²) in [5, 5.41) is 39.8. The van der Waals surface area contributed by atoms with Crippen LogP contribution in [0.3, 0.4) is 0 Å². The molecule has 8 heteroatoms. The van der Waals surface area contributed by atoms with Gasteiger partial charge in [0.2, 0.25) is 0 Å². The summed E-state index contributed by atoms with van der Waals surface area (Å²) < 4.78 is 1.82. The average molecular weight is 226 g/mol. The molecule has 1 aromatic rings. The Morgan fingerprint density at radius 2 is 1.65 bits per heavy atom. The first-order chi connectivity index (χ1) is 8.17. The van der Waals surface area contributed by atoms with Crippen molar-refractivity contribution in [3.05, 3.63) is 12.4 Å². The minimum absolute atomic E-state index is 0.972. The molecule has 1 aromatic heterocycles. The lowest BCUT2D eigenvalue weighted by atomic mass is 9.30. The van der Waals surface area contributed by atoms with E-state index in [4.69, 9.17) is 21.0 Å². The van der Waals surface area contributed by atoms with Crippen LogP contribution in [0.2, 0.25) is 0 Å². The third-order valence-electron chi connectivity index (χ3n) is 1.70. The quantitative estimate of drug-likeness (QED) is 0.670. The second kappa shape index (κ2) is 7.46. The van der Waals surface area contributed by atoms with Crippen molar-refractivity contribution in [2.24, 2.45) is 0 Å². The summed E-state index contributed by atoms with van der Waals surface area (Å²) in [7, 11) is 0. The smallest absolute Gasteiger partial charge is 0.253 e. The van der Waals surface area contributed by atoms with E-state index in [9.17, 15) is 0 Å². The molecule has 0 fully saturated rings. The molecule has 0 aliphatic rings. The van der Waals surface area contributed by atoms with Crippen molar-refractivity contribution in [1.82, 2.24) is 15.0 Å². The van der Waals surface area contributed by atoms with Crippen molar-refractivity contribution >= 4 is 6.15 Å². The molecule has 0 saturated heterocycles. The first-order valence-electron chi connectivity index (χ1n) is 4.82. The second-order valence-corrected chi connectivity index (χ2v) is 3.05. The van der Waals surface area contributed by atoms with Gasteiger partial charge < -0.3 is 0 Å². The van der Waals surface area contributed by atoms with Crippen LogP contribution in [0.1, 0.15) is 13.3 Å². The van der Waals surface area contributed by atoms with Crippen molar-refractivity contribution < 1.29 is 0 Å². The van der Waals surface area contributed by atoms with Gasteiger partial charge in [0.15, 0.2) is 0 Å². The molecule has 0 radical (unpaired) electrons. The standard InChI is InChI=1S/C5H9N3.C4BN4/c1-2-4-8-5-3-6-7-8;6-1-5(2-7,3-8)4-9/h3,5H,2,4H2,1H3;/q;-1. The Bertz CT molecular complexity index is 432.